The van der Waals surface area contributed by atoms with Crippen molar-refractivity contribution in [2.24, 2.45) is 4.99 Å². The Kier molecular flexibility index (Phi) is 5.48. The van der Waals surface area contributed by atoms with Gasteiger partial charge in [0.05, 0.1) is 12.6 Å². The maximum atomic E-state index is 13.7. The summed E-state index contributed by atoms with van der Waals surface area (Å²) in [4.78, 5) is 5.67. The lowest BCUT2D eigenvalue weighted by Crippen LogP contribution is -2.40. The van der Waals surface area contributed by atoms with Gasteiger partial charge in [-0.15, -0.1) is 11.3 Å². The lowest BCUT2D eigenvalue weighted by Gasteiger charge is -2.18. The maximum Gasteiger partial charge on any atom is 0.192 e. The molecule has 1 aliphatic carbocycles. The van der Waals surface area contributed by atoms with Crippen LogP contribution in [0.5, 0.6) is 0 Å². The van der Waals surface area contributed by atoms with E-state index in [4.69, 9.17) is 0 Å². The van der Waals surface area contributed by atoms with Gasteiger partial charge in [-0.05, 0) is 37.3 Å². The third-order valence-electron chi connectivity index (χ3n) is 3.93. The Morgan fingerprint density at radius 3 is 2.79 bits per heavy atom. The highest BCUT2D eigenvalue weighted by molar-refractivity contribution is 7.10. The number of aliphatic imine (C=N–C) groups is 1. The molecule has 1 fully saturated rings. The van der Waals surface area contributed by atoms with Crippen molar-refractivity contribution in [2.75, 3.05) is 6.54 Å². The third kappa shape index (κ3) is 4.55. The topological polar surface area (TPSA) is 56.7 Å². The summed E-state index contributed by atoms with van der Waals surface area (Å²) in [7, 11) is 0. The Labute approximate surface area is 145 Å². The van der Waals surface area contributed by atoms with E-state index in [1.54, 1.807) is 29.5 Å². The Bertz CT molecular complexity index is 685. The van der Waals surface area contributed by atoms with Crippen LogP contribution < -0.4 is 10.6 Å². The summed E-state index contributed by atoms with van der Waals surface area (Å²) in [5, 5.41) is 19.0. The highest BCUT2D eigenvalue weighted by Gasteiger charge is 2.23. The van der Waals surface area contributed by atoms with Crippen LogP contribution in [0.4, 0.5) is 4.39 Å². The molecule has 0 radical (unpaired) electrons. The smallest absolute Gasteiger partial charge is 0.192 e. The fraction of sp³-hybridized carbons (Fsp3) is 0.389. The number of hydrogen-bond donors (Lipinski definition) is 3. The molecule has 0 amide bonds. The van der Waals surface area contributed by atoms with Gasteiger partial charge < -0.3 is 15.7 Å². The second-order valence-electron chi connectivity index (χ2n) is 6.03. The second-order valence-corrected chi connectivity index (χ2v) is 7.01. The molecule has 0 aliphatic heterocycles. The number of nitrogens with zero attached hydrogens (tertiary/aromatic N) is 1. The summed E-state index contributed by atoms with van der Waals surface area (Å²) in [5.74, 6) is 0.255. The van der Waals surface area contributed by atoms with Crippen LogP contribution in [0.2, 0.25) is 0 Å². The Morgan fingerprint density at radius 1 is 1.33 bits per heavy atom. The van der Waals surface area contributed by atoms with Gasteiger partial charge in [0.1, 0.15) is 11.9 Å². The van der Waals surface area contributed by atoms with Crippen molar-refractivity contribution >= 4 is 17.3 Å². The molecule has 1 aromatic carbocycles. The van der Waals surface area contributed by atoms with Crippen LogP contribution in [-0.4, -0.2) is 23.7 Å². The van der Waals surface area contributed by atoms with E-state index in [1.165, 1.54) is 10.9 Å². The summed E-state index contributed by atoms with van der Waals surface area (Å²) in [6.45, 7) is 2.18. The first-order valence-corrected chi connectivity index (χ1v) is 9.05. The van der Waals surface area contributed by atoms with Crippen molar-refractivity contribution in [3.63, 3.8) is 0 Å². The molecule has 0 saturated heterocycles. The minimum Gasteiger partial charge on any atom is -0.386 e. The van der Waals surface area contributed by atoms with E-state index in [0.29, 0.717) is 12.0 Å². The molecule has 0 bridgehead atoms. The molecule has 4 nitrogen and oxygen atoms in total. The van der Waals surface area contributed by atoms with Gasteiger partial charge in [0.15, 0.2) is 5.96 Å². The van der Waals surface area contributed by atoms with E-state index >= 15 is 0 Å². The molecule has 1 aromatic heterocycles. The van der Waals surface area contributed by atoms with Crippen LogP contribution >= 0.6 is 11.3 Å². The number of thiophene rings is 1. The summed E-state index contributed by atoms with van der Waals surface area (Å²) >= 11 is 1.69. The molecular formula is C18H22FN3OS. The average molecular weight is 347 g/mol. The number of hydrogen-bond acceptors (Lipinski definition) is 3. The predicted octanol–water partition coefficient (Wildman–Crippen LogP) is 3.38. The molecule has 1 saturated carbocycles. The first-order chi connectivity index (χ1) is 11.6. The van der Waals surface area contributed by atoms with Crippen molar-refractivity contribution in [2.45, 2.75) is 38.0 Å². The van der Waals surface area contributed by atoms with E-state index in [0.717, 1.165) is 12.8 Å². The van der Waals surface area contributed by atoms with Crippen molar-refractivity contribution in [3.8, 4) is 0 Å². The predicted molar refractivity (Wildman–Crippen MR) is 95.7 cm³/mol. The van der Waals surface area contributed by atoms with Gasteiger partial charge in [0.25, 0.3) is 0 Å². The van der Waals surface area contributed by atoms with E-state index in [1.807, 2.05) is 11.4 Å². The zero-order valence-electron chi connectivity index (χ0n) is 13.6. The molecule has 0 unspecified atom stereocenters. The van der Waals surface area contributed by atoms with E-state index in [2.05, 4.69) is 28.6 Å². The number of nitrogens with one attached hydrogen (secondary N) is 2. The van der Waals surface area contributed by atoms with Crippen LogP contribution in [0.1, 0.15) is 42.4 Å². The largest absolute Gasteiger partial charge is 0.386 e. The number of rotatable bonds is 6. The Hall–Kier alpha value is -1.92. The van der Waals surface area contributed by atoms with Gasteiger partial charge in [-0.1, -0.05) is 24.3 Å². The molecule has 0 spiro atoms. The number of benzene rings is 1. The average Bonchev–Trinajstić information content (AvgIpc) is 3.21. The number of halogens is 1. The minimum absolute atomic E-state index is 0.111. The van der Waals surface area contributed by atoms with Gasteiger partial charge in [-0.3, -0.25) is 4.99 Å². The number of guanidine groups is 1. The molecule has 2 aromatic rings. The molecule has 128 valence electrons. The first-order valence-electron chi connectivity index (χ1n) is 8.17. The lowest BCUT2D eigenvalue weighted by atomic mass is 10.1. The molecule has 6 heteroatoms. The lowest BCUT2D eigenvalue weighted by molar-refractivity contribution is 0.182. The summed E-state index contributed by atoms with van der Waals surface area (Å²) in [6, 6.07) is 10.9. The molecule has 3 rings (SSSR count). The van der Waals surface area contributed by atoms with E-state index in [-0.39, 0.29) is 18.2 Å². The van der Waals surface area contributed by atoms with Crippen LogP contribution in [-0.2, 0) is 0 Å². The van der Waals surface area contributed by atoms with Gasteiger partial charge in [-0.2, -0.15) is 0 Å². The van der Waals surface area contributed by atoms with Crippen LogP contribution in [0.15, 0.2) is 46.8 Å². The monoisotopic (exact) mass is 347 g/mol. The summed E-state index contributed by atoms with van der Waals surface area (Å²) in [6.07, 6.45) is 1.30. The van der Waals surface area contributed by atoms with Crippen LogP contribution in [0.3, 0.4) is 0 Å². The highest BCUT2D eigenvalue weighted by Crippen LogP contribution is 2.21. The normalized spacial score (nSPS) is 17.4. The second kappa shape index (κ2) is 7.77. The molecular weight excluding hydrogens is 325 g/mol. The summed E-state index contributed by atoms with van der Waals surface area (Å²) in [5.41, 5.74) is 0.276. The Balaban J connectivity index is 1.66. The standard InChI is InChI=1S/C18H22FN3OS/c1-12(17-7-4-10-24-17)21-18(22-13-8-9-13)20-11-16(23)14-5-2-3-6-15(14)19/h2-7,10,12-13,16,23H,8-9,11H2,1H3,(H2,20,21,22)/t12-,16-/m0/s1. The van der Waals surface area contributed by atoms with Crippen molar-refractivity contribution in [1.29, 1.82) is 0 Å². The van der Waals surface area contributed by atoms with Crippen molar-refractivity contribution in [3.05, 3.63) is 58.0 Å². The molecule has 1 heterocycles. The Morgan fingerprint density at radius 2 is 2.12 bits per heavy atom. The fourth-order valence-corrected chi connectivity index (χ4v) is 3.12. The fourth-order valence-electron chi connectivity index (χ4n) is 2.39. The van der Waals surface area contributed by atoms with Crippen LogP contribution in [0, 0.1) is 5.82 Å². The SMILES string of the molecule is C[C@H](NC(=NC[C@H](O)c1ccccc1F)NC1CC1)c1cccs1. The van der Waals surface area contributed by atoms with Gasteiger partial charge in [0.2, 0.25) is 0 Å². The molecule has 24 heavy (non-hydrogen) atoms. The zero-order chi connectivity index (χ0) is 16.9. The van der Waals surface area contributed by atoms with Gasteiger partial charge in [0, 0.05) is 16.5 Å². The first kappa shape index (κ1) is 16.9. The van der Waals surface area contributed by atoms with E-state index < -0.39 is 11.9 Å². The van der Waals surface area contributed by atoms with Crippen molar-refractivity contribution in [1.82, 2.24) is 10.6 Å². The number of aliphatic hydroxyl groups excluding tert-OH is 1. The molecule has 2 atom stereocenters. The van der Waals surface area contributed by atoms with Gasteiger partial charge in [-0.25, -0.2) is 4.39 Å². The van der Waals surface area contributed by atoms with E-state index in [9.17, 15) is 9.50 Å². The zero-order valence-corrected chi connectivity index (χ0v) is 14.4. The van der Waals surface area contributed by atoms with Gasteiger partial charge >= 0.3 is 0 Å². The van der Waals surface area contributed by atoms with Crippen molar-refractivity contribution < 1.29 is 9.50 Å². The highest BCUT2D eigenvalue weighted by atomic mass is 32.1. The summed E-state index contributed by atoms with van der Waals surface area (Å²) < 4.78 is 13.7. The maximum absolute atomic E-state index is 13.7. The molecule has 1 aliphatic rings. The minimum atomic E-state index is -0.957. The molecule has 3 N–H and O–H groups in total. The number of aliphatic hydroxyl groups is 1. The van der Waals surface area contributed by atoms with Crippen LogP contribution in [0.25, 0.3) is 0 Å². The quantitative estimate of drug-likeness (QED) is 0.555. The third-order valence-corrected chi connectivity index (χ3v) is 4.98.